The molecule has 3 aromatic rings. The number of fused-ring (bicyclic) bond motifs is 1. The number of aromatic nitrogens is 1. The number of hydrogen-bond acceptors (Lipinski definition) is 3. The van der Waals surface area contributed by atoms with E-state index in [9.17, 15) is 14.9 Å². The minimum Gasteiger partial charge on any atom is -0.361 e. The first kappa shape index (κ1) is 18.6. The summed E-state index contributed by atoms with van der Waals surface area (Å²) in [6.07, 6.45) is 4.08. The Hall–Kier alpha value is -3.15. The number of aromatic amines is 1. The van der Waals surface area contributed by atoms with Crippen LogP contribution in [0.25, 0.3) is 10.9 Å². The molecule has 0 aliphatic rings. The maximum Gasteiger partial charge on any atom is 0.269 e. The van der Waals surface area contributed by atoms with Crippen molar-refractivity contribution >= 4 is 22.5 Å². The van der Waals surface area contributed by atoms with Gasteiger partial charge in [0.05, 0.1) is 4.92 Å². The van der Waals surface area contributed by atoms with Crippen LogP contribution in [0.2, 0.25) is 0 Å². The Balaban J connectivity index is 1.97. The normalized spacial score (nSPS) is 12.0. The molecular weight excluding hydrogens is 342 g/mol. The summed E-state index contributed by atoms with van der Waals surface area (Å²) in [5, 5.41) is 15.2. The minimum absolute atomic E-state index is 0.0312. The van der Waals surface area contributed by atoms with Crippen molar-refractivity contribution < 1.29 is 9.72 Å². The lowest BCUT2D eigenvalue weighted by atomic mass is 9.87. The number of para-hydroxylation sites is 1. The predicted octanol–water partition coefficient (Wildman–Crippen LogP) is 4.51. The maximum absolute atomic E-state index is 12.5. The number of hydrogen-bond donors (Lipinski definition) is 2. The molecule has 2 aromatic carbocycles. The first-order valence-corrected chi connectivity index (χ1v) is 9.17. The fraction of sp³-hybridized carbons (Fsp3) is 0.286. The van der Waals surface area contributed by atoms with E-state index in [0.29, 0.717) is 6.54 Å². The van der Waals surface area contributed by atoms with Crippen molar-refractivity contribution in [1.29, 1.82) is 0 Å². The average Bonchev–Trinajstić information content (AvgIpc) is 3.10. The zero-order valence-corrected chi connectivity index (χ0v) is 15.3. The Labute approximate surface area is 157 Å². The lowest BCUT2D eigenvalue weighted by Gasteiger charge is -2.17. The molecule has 0 spiro atoms. The number of rotatable bonds is 8. The van der Waals surface area contributed by atoms with Crippen LogP contribution in [0.15, 0.2) is 54.7 Å². The van der Waals surface area contributed by atoms with Gasteiger partial charge in [0.15, 0.2) is 0 Å². The minimum atomic E-state index is -0.406. The summed E-state index contributed by atoms with van der Waals surface area (Å²) >= 11 is 0. The van der Waals surface area contributed by atoms with Crippen molar-refractivity contribution in [2.24, 2.45) is 0 Å². The van der Waals surface area contributed by atoms with Crippen LogP contribution in [0, 0.1) is 10.1 Å². The molecular formula is C21H23N3O3. The third-order valence-electron chi connectivity index (χ3n) is 4.72. The highest BCUT2D eigenvalue weighted by molar-refractivity contribution is 5.86. The molecule has 2 N–H and O–H groups in total. The molecule has 0 fully saturated rings. The highest BCUT2D eigenvalue weighted by Crippen LogP contribution is 2.34. The van der Waals surface area contributed by atoms with E-state index in [4.69, 9.17) is 0 Å². The van der Waals surface area contributed by atoms with Gasteiger partial charge in [-0.1, -0.05) is 43.7 Å². The van der Waals surface area contributed by atoms with Gasteiger partial charge < -0.3 is 10.3 Å². The molecule has 1 unspecified atom stereocenters. The van der Waals surface area contributed by atoms with Gasteiger partial charge in [0.25, 0.3) is 5.69 Å². The molecule has 3 rings (SSSR count). The van der Waals surface area contributed by atoms with E-state index in [0.717, 1.165) is 34.9 Å². The first-order chi connectivity index (χ1) is 13.1. The number of non-ortho nitro benzene ring substituents is 1. The zero-order chi connectivity index (χ0) is 19.2. The number of nitrogens with zero attached hydrogens (tertiary/aromatic N) is 1. The summed E-state index contributed by atoms with van der Waals surface area (Å²) in [4.78, 5) is 26.5. The topological polar surface area (TPSA) is 88.0 Å². The van der Waals surface area contributed by atoms with Crippen LogP contribution in [0.3, 0.4) is 0 Å². The molecule has 1 amide bonds. The van der Waals surface area contributed by atoms with Gasteiger partial charge in [0, 0.05) is 48.1 Å². The van der Waals surface area contributed by atoms with Gasteiger partial charge in [0.1, 0.15) is 0 Å². The SMILES string of the molecule is CCCCNC(=O)CC(c1cccc([N+](=O)[O-])c1)c1c[nH]c2ccccc12. The van der Waals surface area contributed by atoms with Gasteiger partial charge in [-0.15, -0.1) is 0 Å². The zero-order valence-electron chi connectivity index (χ0n) is 15.3. The van der Waals surface area contributed by atoms with E-state index in [2.05, 4.69) is 17.2 Å². The molecule has 1 aromatic heterocycles. The standard InChI is InChI=1S/C21H23N3O3/c1-2-3-11-22-21(25)13-18(15-7-6-8-16(12-15)24(26)27)19-14-23-20-10-5-4-9-17(19)20/h4-10,12,14,18,23H,2-3,11,13H2,1H3,(H,22,25). The van der Waals surface area contributed by atoms with Crippen LogP contribution in [-0.2, 0) is 4.79 Å². The second-order valence-electron chi connectivity index (χ2n) is 6.60. The molecule has 0 radical (unpaired) electrons. The predicted molar refractivity (Wildman–Crippen MR) is 106 cm³/mol. The summed E-state index contributed by atoms with van der Waals surface area (Å²) < 4.78 is 0. The van der Waals surface area contributed by atoms with Crippen molar-refractivity contribution in [2.75, 3.05) is 6.54 Å². The average molecular weight is 365 g/mol. The Morgan fingerprint density at radius 3 is 2.81 bits per heavy atom. The van der Waals surface area contributed by atoms with E-state index in [-0.39, 0.29) is 23.9 Å². The summed E-state index contributed by atoms with van der Waals surface area (Å²) in [6, 6.07) is 14.4. The van der Waals surface area contributed by atoms with Gasteiger partial charge in [-0.2, -0.15) is 0 Å². The summed E-state index contributed by atoms with van der Waals surface area (Å²) in [5.74, 6) is -0.312. The molecule has 0 aliphatic heterocycles. The van der Waals surface area contributed by atoms with Crippen molar-refractivity contribution in [1.82, 2.24) is 10.3 Å². The Morgan fingerprint density at radius 2 is 2.04 bits per heavy atom. The largest absolute Gasteiger partial charge is 0.361 e. The molecule has 1 heterocycles. The molecule has 0 saturated heterocycles. The third-order valence-corrected chi connectivity index (χ3v) is 4.72. The number of unbranched alkanes of at least 4 members (excludes halogenated alkanes) is 1. The molecule has 6 nitrogen and oxygen atoms in total. The first-order valence-electron chi connectivity index (χ1n) is 9.17. The molecule has 0 saturated carbocycles. The second kappa shape index (κ2) is 8.49. The molecule has 0 bridgehead atoms. The van der Waals surface area contributed by atoms with E-state index >= 15 is 0 Å². The number of nitrogens with one attached hydrogen (secondary N) is 2. The number of benzene rings is 2. The fourth-order valence-electron chi connectivity index (χ4n) is 3.31. The van der Waals surface area contributed by atoms with E-state index < -0.39 is 4.92 Å². The van der Waals surface area contributed by atoms with Crippen LogP contribution in [0.1, 0.15) is 43.2 Å². The number of carbonyl (C=O) groups is 1. The highest BCUT2D eigenvalue weighted by atomic mass is 16.6. The van der Waals surface area contributed by atoms with Gasteiger partial charge in [0.2, 0.25) is 5.91 Å². The van der Waals surface area contributed by atoms with E-state index in [1.807, 2.05) is 36.5 Å². The van der Waals surface area contributed by atoms with Gasteiger partial charge in [-0.05, 0) is 23.6 Å². The van der Waals surface area contributed by atoms with Crippen LogP contribution < -0.4 is 5.32 Å². The van der Waals surface area contributed by atoms with Gasteiger partial charge in [-0.25, -0.2) is 0 Å². The summed E-state index contributed by atoms with van der Waals surface area (Å²) in [6.45, 7) is 2.72. The van der Waals surface area contributed by atoms with Gasteiger partial charge in [-0.3, -0.25) is 14.9 Å². The lowest BCUT2D eigenvalue weighted by molar-refractivity contribution is -0.384. The smallest absolute Gasteiger partial charge is 0.269 e. The van der Waals surface area contributed by atoms with E-state index in [1.54, 1.807) is 12.1 Å². The number of nitro groups is 1. The fourth-order valence-corrected chi connectivity index (χ4v) is 3.31. The monoisotopic (exact) mass is 365 g/mol. The molecule has 1 atom stereocenters. The summed E-state index contributed by atoms with van der Waals surface area (Å²) in [7, 11) is 0. The highest BCUT2D eigenvalue weighted by Gasteiger charge is 2.23. The third kappa shape index (κ3) is 4.34. The second-order valence-corrected chi connectivity index (χ2v) is 6.60. The molecule has 6 heteroatoms. The van der Waals surface area contributed by atoms with Crippen molar-refractivity contribution in [2.45, 2.75) is 32.1 Å². The number of carbonyl (C=O) groups excluding carboxylic acids is 1. The molecule has 27 heavy (non-hydrogen) atoms. The Morgan fingerprint density at radius 1 is 1.22 bits per heavy atom. The maximum atomic E-state index is 12.5. The lowest BCUT2D eigenvalue weighted by Crippen LogP contribution is -2.26. The van der Waals surface area contributed by atoms with Crippen LogP contribution >= 0.6 is 0 Å². The number of H-pyrrole nitrogens is 1. The van der Waals surface area contributed by atoms with Crippen LogP contribution in [0.4, 0.5) is 5.69 Å². The van der Waals surface area contributed by atoms with E-state index in [1.165, 1.54) is 6.07 Å². The summed E-state index contributed by atoms with van der Waals surface area (Å²) in [5.41, 5.74) is 2.74. The van der Waals surface area contributed by atoms with Crippen molar-refractivity contribution in [3.8, 4) is 0 Å². The Bertz CT molecular complexity index is 949. The van der Waals surface area contributed by atoms with Crippen molar-refractivity contribution in [3.63, 3.8) is 0 Å². The number of nitro benzene ring substituents is 1. The van der Waals surface area contributed by atoms with Gasteiger partial charge >= 0.3 is 0 Å². The Kier molecular flexibility index (Phi) is 5.86. The van der Waals surface area contributed by atoms with Crippen LogP contribution in [-0.4, -0.2) is 22.4 Å². The number of amides is 1. The quantitative estimate of drug-likeness (QED) is 0.350. The van der Waals surface area contributed by atoms with Crippen LogP contribution in [0.5, 0.6) is 0 Å². The van der Waals surface area contributed by atoms with Crippen molar-refractivity contribution in [3.05, 3.63) is 76.0 Å². The molecule has 0 aliphatic carbocycles. The molecule has 140 valence electrons.